The molecule has 1 heteroatoms. The molecular formula is C13H25N. The maximum atomic E-state index is 4.21. The van der Waals surface area contributed by atoms with Gasteiger partial charge in [0.05, 0.1) is 0 Å². The molecule has 0 rings (SSSR count). The molecule has 1 N–H and O–H groups in total. The molecule has 0 aliphatic carbocycles. The van der Waals surface area contributed by atoms with E-state index >= 15 is 0 Å². The Bertz CT molecular complexity index is 199. The molecule has 14 heavy (non-hydrogen) atoms. The monoisotopic (exact) mass is 195 g/mol. The zero-order valence-corrected chi connectivity index (χ0v) is 10.4. The van der Waals surface area contributed by atoms with E-state index < -0.39 is 0 Å². The Morgan fingerprint density at radius 1 is 1.36 bits per heavy atom. The van der Waals surface area contributed by atoms with Crippen LogP contribution in [0.2, 0.25) is 0 Å². The highest BCUT2D eigenvalue weighted by Crippen LogP contribution is 2.25. The molecule has 0 aromatic heterocycles. The Morgan fingerprint density at radius 2 is 1.93 bits per heavy atom. The largest absolute Gasteiger partial charge is 0.316 e. The third-order valence-corrected chi connectivity index (χ3v) is 3.12. The minimum absolute atomic E-state index is 0.558. The molecule has 0 radical (unpaired) electrons. The lowest BCUT2D eigenvalue weighted by Crippen LogP contribution is -2.33. The van der Waals surface area contributed by atoms with Crippen molar-refractivity contribution in [1.29, 1.82) is 0 Å². The van der Waals surface area contributed by atoms with Crippen molar-refractivity contribution < 1.29 is 0 Å². The van der Waals surface area contributed by atoms with E-state index in [1.165, 1.54) is 11.1 Å². The van der Waals surface area contributed by atoms with Crippen molar-refractivity contribution in [1.82, 2.24) is 5.32 Å². The second-order valence-electron chi connectivity index (χ2n) is 3.82. The van der Waals surface area contributed by atoms with Gasteiger partial charge >= 0.3 is 0 Å². The van der Waals surface area contributed by atoms with Crippen LogP contribution in [-0.4, -0.2) is 13.1 Å². The second kappa shape index (κ2) is 6.83. The van der Waals surface area contributed by atoms with Gasteiger partial charge in [-0.05, 0) is 45.2 Å². The summed E-state index contributed by atoms with van der Waals surface area (Å²) in [6.45, 7) is 12.9. The van der Waals surface area contributed by atoms with Crippen molar-refractivity contribution >= 4 is 0 Å². The van der Waals surface area contributed by atoms with Crippen LogP contribution in [0.1, 0.15) is 40.5 Å². The molecular weight excluding hydrogens is 170 g/mol. The number of hydrogen-bond donors (Lipinski definition) is 1. The lowest BCUT2D eigenvalue weighted by molar-refractivity contribution is 0.401. The maximum absolute atomic E-state index is 4.21. The second-order valence-corrected chi connectivity index (χ2v) is 3.82. The van der Waals surface area contributed by atoms with Gasteiger partial charge in [-0.1, -0.05) is 32.1 Å². The van der Waals surface area contributed by atoms with Crippen LogP contribution >= 0.6 is 0 Å². The van der Waals surface area contributed by atoms with Crippen LogP contribution in [0.5, 0.6) is 0 Å². The van der Waals surface area contributed by atoms with Crippen LogP contribution in [0.15, 0.2) is 23.8 Å². The van der Waals surface area contributed by atoms with Gasteiger partial charge in [-0.25, -0.2) is 0 Å². The van der Waals surface area contributed by atoms with Crippen LogP contribution in [0.25, 0.3) is 0 Å². The van der Waals surface area contributed by atoms with Gasteiger partial charge in [-0.2, -0.15) is 0 Å². The topological polar surface area (TPSA) is 12.0 Å². The summed E-state index contributed by atoms with van der Waals surface area (Å²) in [5.74, 6) is 0.571. The lowest BCUT2D eigenvalue weighted by Gasteiger charge is -2.27. The molecule has 0 saturated heterocycles. The first-order valence-corrected chi connectivity index (χ1v) is 5.61. The van der Waals surface area contributed by atoms with Gasteiger partial charge in [0.25, 0.3) is 0 Å². The Balaban J connectivity index is 4.62. The van der Waals surface area contributed by atoms with E-state index in [2.05, 4.69) is 45.7 Å². The molecule has 0 aliphatic heterocycles. The molecule has 0 aromatic rings. The predicted octanol–water partition coefficient (Wildman–Crippen LogP) is 3.53. The number of hydrogen-bond acceptors (Lipinski definition) is 1. The molecule has 82 valence electrons. The Labute approximate surface area is 89.3 Å². The third kappa shape index (κ3) is 3.30. The first kappa shape index (κ1) is 13.4. The van der Waals surface area contributed by atoms with E-state index in [1.54, 1.807) is 0 Å². The van der Waals surface area contributed by atoms with Gasteiger partial charge in [0.2, 0.25) is 0 Å². The van der Waals surface area contributed by atoms with Gasteiger partial charge < -0.3 is 5.32 Å². The number of nitrogens with one attached hydrogen (secondary N) is 1. The smallest absolute Gasteiger partial charge is 0.0130 e. The van der Waals surface area contributed by atoms with Crippen molar-refractivity contribution in [3.63, 3.8) is 0 Å². The van der Waals surface area contributed by atoms with Gasteiger partial charge in [0.1, 0.15) is 0 Å². The van der Waals surface area contributed by atoms with Crippen molar-refractivity contribution in [2.24, 2.45) is 5.92 Å². The molecule has 0 heterocycles. The highest BCUT2D eigenvalue weighted by Gasteiger charge is 2.19. The third-order valence-electron chi connectivity index (χ3n) is 3.12. The average molecular weight is 195 g/mol. The van der Waals surface area contributed by atoms with Crippen molar-refractivity contribution in [2.45, 2.75) is 46.6 Å². The van der Waals surface area contributed by atoms with Crippen molar-refractivity contribution in [2.75, 3.05) is 7.05 Å². The van der Waals surface area contributed by atoms with Crippen molar-refractivity contribution in [3.05, 3.63) is 23.8 Å². The summed E-state index contributed by atoms with van der Waals surface area (Å²) in [4.78, 5) is 0. The fourth-order valence-electron chi connectivity index (χ4n) is 1.94. The van der Waals surface area contributed by atoms with E-state index in [1.807, 2.05) is 7.05 Å². The van der Waals surface area contributed by atoms with Crippen molar-refractivity contribution in [3.8, 4) is 0 Å². The fraction of sp³-hybridized carbons (Fsp3) is 0.692. The summed E-state index contributed by atoms with van der Waals surface area (Å²) in [7, 11) is 2.04. The zero-order chi connectivity index (χ0) is 11.1. The zero-order valence-electron chi connectivity index (χ0n) is 10.4. The van der Waals surface area contributed by atoms with Crippen LogP contribution in [0.4, 0.5) is 0 Å². The minimum atomic E-state index is 0.558. The summed E-state index contributed by atoms with van der Waals surface area (Å²) in [6, 6.07) is 0.558. The van der Waals surface area contributed by atoms with Gasteiger partial charge in [-0.15, -0.1) is 0 Å². The summed E-state index contributed by atoms with van der Waals surface area (Å²) >= 11 is 0. The minimum Gasteiger partial charge on any atom is -0.316 e. The molecule has 0 spiro atoms. The predicted molar refractivity (Wildman–Crippen MR) is 65.5 cm³/mol. The molecule has 2 unspecified atom stereocenters. The normalized spacial score (nSPS) is 16.5. The number of allylic oxidation sites excluding steroid dienone is 2. The van der Waals surface area contributed by atoms with Crippen LogP contribution in [-0.2, 0) is 0 Å². The van der Waals surface area contributed by atoms with Gasteiger partial charge in [-0.3, -0.25) is 0 Å². The van der Waals surface area contributed by atoms with Crippen LogP contribution in [0.3, 0.4) is 0 Å². The molecule has 0 amide bonds. The van der Waals surface area contributed by atoms with Crippen LogP contribution in [0, 0.1) is 5.92 Å². The average Bonchev–Trinajstić information content (AvgIpc) is 2.23. The summed E-state index contributed by atoms with van der Waals surface area (Å²) in [5, 5.41) is 3.37. The van der Waals surface area contributed by atoms with E-state index in [0.29, 0.717) is 12.0 Å². The first-order valence-electron chi connectivity index (χ1n) is 5.61. The Hall–Kier alpha value is -0.560. The Morgan fingerprint density at radius 3 is 2.21 bits per heavy atom. The quantitative estimate of drug-likeness (QED) is 0.639. The lowest BCUT2D eigenvalue weighted by atomic mass is 9.85. The maximum Gasteiger partial charge on any atom is 0.0130 e. The molecule has 0 aromatic carbocycles. The molecule has 0 bridgehead atoms. The summed E-state index contributed by atoms with van der Waals surface area (Å²) in [6.07, 6.45) is 4.46. The fourth-order valence-corrected chi connectivity index (χ4v) is 1.94. The molecule has 0 aliphatic rings. The summed E-state index contributed by atoms with van der Waals surface area (Å²) in [5.41, 5.74) is 2.61. The van der Waals surface area contributed by atoms with Gasteiger partial charge in [0, 0.05) is 6.04 Å². The molecule has 2 atom stereocenters. The molecule has 1 nitrogen and oxygen atoms in total. The SMILES string of the molecule is C=C(/C(C)=C\C)C(CC)C(CC)NC. The molecule has 0 fully saturated rings. The van der Waals surface area contributed by atoms with E-state index in [0.717, 1.165) is 12.8 Å². The van der Waals surface area contributed by atoms with E-state index in [-0.39, 0.29) is 0 Å². The van der Waals surface area contributed by atoms with Crippen LogP contribution < -0.4 is 5.32 Å². The molecule has 0 saturated carbocycles. The standard InChI is InChI=1S/C13H25N/c1-7-10(4)11(5)12(8-2)13(9-3)14-6/h7,12-14H,5,8-9H2,1-4,6H3/b10-7-. The van der Waals surface area contributed by atoms with E-state index in [4.69, 9.17) is 0 Å². The van der Waals surface area contributed by atoms with E-state index in [9.17, 15) is 0 Å². The first-order chi connectivity index (χ1) is 6.62. The summed E-state index contributed by atoms with van der Waals surface area (Å²) < 4.78 is 0. The highest BCUT2D eigenvalue weighted by atomic mass is 14.9. The Kier molecular flexibility index (Phi) is 6.56. The van der Waals surface area contributed by atoms with Gasteiger partial charge in [0.15, 0.2) is 0 Å². The highest BCUT2D eigenvalue weighted by molar-refractivity contribution is 5.29. The number of rotatable bonds is 6.